The van der Waals surface area contributed by atoms with Crippen LogP contribution in [-0.2, 0) is 22.4 Å². The Morgan fingerprint density at radius 1 is 1.28 bits per heavy atom. The molecule has 0 radical (unpaired) electrons. The second-order valence-corrected chi connectivity index (χ2v) is 9.14. The topological polar surface area (TPSA) is 113 Å². The number of benzene rings is 1. The number of imidazole rings is 2. The average Bonchev–Trinajstić information content (AvgIpc) is 3.47. The molecule has 1 saturated heterocycles. The summed E-state index contributed by atoms with van der Waals surface area (Å²) in [7, 11) is 1.65. The standard InChI is InChI=1S/C25H30ClN7O3/c1-16-13-17(32-8-11-36-12-9-32)14-20-22(16)31-24(30-20)21-18(3-6-28-25(21)34)27-5-4-19-23(26)33(15-29-19)7-10-35-2/h3,6,13-15H,4-5,7-12H2,1-2H3,(H,30,31)(H2,27,28,34). The van der Waals surface area contributed by atoms with Gasteiger partial charge in [-0.05, 0) is 30.7 Å². The molecule has 36 heavy (non-hydrogen) atoms. The van der Waals surface area contributed by atoms with Crippen molar-refractivity contribution in [3.05, 3.63) is 57.5 Å². The average molecular weight is 512 g/mol. The first-order valence-electron chi connectivity index (χ1n) is 12.0. The zero-order valence-corrected chi connectivity index (χ0v) is 21.2. The first-order valence-corrected chi connectivity index (χ1v) is 12.4. The minimum absolute atomic E-state index is 0.216. The van der Waals surface area contributed by atoms with Crippen LogP contribution in [0.15, 0.2) is 35.5 Å². The number of aromatic nitrogens is 5. The van der Waals surface area contributed by atoms with Crippen LogP contribution >= 0.6 is 11.6 Å². The molecule has 0 amide bonds. The summed E-state index contributed by atoms with van der Waals surface area (Å²) < 4.78 is 12.5. The molecule has 0 saturated carbocycles. The van der Waals surface area contributed by atoms with Gasteiger partial charge in [-0.15, -0.1) is 0 Å². The quantitative estimate of drug-likeness (QED) is 0.316. The predicted molar refractivity (Wildman–Crippen MR) is 141 cm³/mol. The molecule has 1 aliphatic rings. The fourth-order valence-corrected chi connectivity index (χ4v) is 4.76. The fraction of sp³-hybridized carbons (Fsp3) is 0.400. The minimum Gasteiger partial charge on any atom is -0.384 e. The van der Waals surface area contributed by atoms with Crippen LogP contribution < -0.4 is 15.8 Å². The van der Waals surface area contributed by atoms with E-state index in [-0.39, 0.29) is 5.56 Å². The summed E-state index contributed by atoms with van der Waals surface area (Å²) in [5.41, 5.74) is 5.67. The van der Waals surface area contributed by atoms with Gasteiger partial charge in [0, 0.05) is 51.6 Å². The van der Waals surface area contributed by atoms with Gasteiger partial charge in [-0.1, -0.05) is 11.6 Å². The maximum absolute atomic E-state index is 12.9. The first-order chi connectivity index (χ1) is 17.5. The third-order valence-corrected chi connectivity index (χ3v) is 6.83. The molecule has 0 unspecified atom stereocenters. The van der Waals surface area contributed by atoms with Crippen LogP contribution in [0.25, 0.3) is 22.4 Å². The molecule has 1 fully saturated rings. The summed E-state index contributed by atoms with van der Waals surface area (Å²) >= 11 is 6.46. The molecule has 1 aromatic carbocycles. The van der Waals surface area contributed by atoms with Crippen molar-refractivity contribution in [3.8, 4) is 11.4 Å². The van der Waals surface area contributed by atoms with Crippen molar-refractivity contribution < 1.29 is 9.47 Å². The van der Waals surface area contributed by atoms with Crippen LogP contribution in [0.4, 0.5) is 11.4 Å². The van der Waals surface area contributed by atoms with Gasteiger partial charge in [0.15, 0.2) is 0 Å². The van der Waals surface area contributed by atoms with Crippen molar-refractivity contribution in [2.24, 2.45) is 0 Å². The number of anilines is 2. The van der Waals surface area contributed by atoms with E-state index < -0.39 is 0 Å². The number of hydrogen-bond acceptors (Lipinski definition) is 7. The molecule has 1 aliphatic heterocycles. The molecular formula is C25H30ClN7O3. The highest BCUT2D eigenvalue weighted by Crippen LogP contribution is 2.29. The Bertz CT molecular complexity index is 1400. The maximum Gasteiger partial charge on any atom is 0.261 e. The zero-order valence-electron chi connectivity index (χ0n) is 20.4. The van der Waals surface area contributed by atoms with Gasteiger partial charge in [-0.2, -0.15) is 0 Å². The van der Waals surface area contributed by atoms with Crippen molar-refractivity contribution in [2.45, 2.75) is 19.9 Å². The normalized spacial score (nSPS) is 14.0. The van der Waals surface area contributed by atoms with E-state index in [1.165, 1.54) is 0 Å². The van der Waals surface area contributed by atoms with E-state index in [9.17, 15) is 4.79 Å². The van der Waals surface area contributed by atoms with Crippen LogP contribution in [0.3, 0.4) is 0 Å². The number of nitrogens with one attached hydrogen (secondary N) is 3. The Labute approximate surface area is 213 Å². The minimum atomic E-state index is -0.216. The lowest BCUT2D eigenvalue weighted by atomic mass is 10.1. The van der Waals surface area contributed by atoms with Gasteiger partial charge in [-0.3, -0.25) is 4.79 Å². The lowest BCUT2D eigenvalue weighted by molar-refractivity contribution is 0.122. The lowest BCUT2D eigenvalue weighted by Gasteiger charge is -2.29. The molecule has 10 nitrogen and oxygen atoms in total. The lowest BCUT2D eigenvalue weighted by Crippen LogP contribution is -2.36. The van der Waals surface area contributed by atoms with Crippen molar-refractivity contribution in [1.29, 1.82) is 0 Å². The maximum atomic E-state index is 12.9. The Morgan fingerprint density at radius 3 is 2.92 bits per heavy atom. The smallest absolute Gasteiger partial charge is 0.261 e. The summed E-state index contributed by atoms with van der Waals surface area (Å²) in [6, 6.07) is 6.08. The first kappa shape index (κ1) is 24.4. The number of halogens is 1. The Kier molecular flexibility index (Phi) is 7.26. The van der Waals surface area contributed by atoms with Crippen LogP contribution in [0, 0.1) is 6.92 Å². The summed E-state index contributed by atoms with van der Waals surface area (Å²) in [5, 5.41) is 3.97. The van der Waals surface area contributed by atoms with Gasteiger partial charge < -0.3 is 34.2 Å². The predicted octanol–water partition coefficient (Wildman–Crippen LogP) is 3.21. The fourth-order valence-electron chi connectivity index (χ4n) is 4.49. The number of morpholine rings is 1. The second-order valence-electron chi connectivity index (χ2n) is 8.78. The number of rotatable bonds is 9. The van der Waals surface area contributed by atoms with Crippen molar-refractivity contribution >= 4 is 34.0 Å². The Balaban J connectivity index is 1.38. The number of methoxy groups -OCH3 is 1. The molecule has 0 atom stereocenters. The number of ether oxygens (including phenoxy) is 2. The summed E-state index contributed by atoms with van der Waals surface area (Å²) in [4.78, 5) is 30.6. The molecule has 5 rings (SSSR count). The second kappa shape index (κ2) is 10.7. The van der Waals surface area contributed by atoms with Gasteiger partial charge in [-0.25, -0.2) is 9.97 Å². The molecule has 4 aromatic rings. The number of aryl methyl sites for hydroxylation is 1. The van der Waals surface area contributed by atoms with Gasteiger partial charge in [0.1, 0.15) is 16.5 Å². The number of pyridine rings is 1. The highest BCUT2D eigenvalue weighted by atomic mass is 35.5. The third-order valence-electron chi connectivity index (χ3n) is 6.39. The zero-order chi connectivity index (χ0) is 25.1. The van der Waals surface area contributed by atoms with Crippen LogP contribution in [0.2, 0.25) is 5.15 Å². The molecule has 190 valence electrons. The summed E-state index contributed by atoms with van der Waals surface area (Å²) in [5.74, 6) is 0.526. The van der Waals surface area contributed by atoms with Gasteiger partial charge in [0.25, 0.3) is 5.56 Å². The summed E-state index contributed by atoms with van der Waals surface area (Å²) in [6.07, 6.45) is 3.95. The molecule has 4 heterocycles. The van der Waals surface area contributed by atoms with E-state index in [2.05, 4.69) is 37.3 Å². The molecule has 0 bridgehead atoms. The van der Waals surface area contributed by atoms with E-state index in [0.29, 0.717) is 48.3 Å². The van der Waals surface area contributed by atoms with E-state index in [4.69, 9.17) is 26.1 Å². The highest BCUT2D eigenvalue weighted by Gasteiger charge is 2.18. The van der Waals surface area contributed by atoms with E-state index in [1.807, 2.05) is 17.6 Å². The number of nitrogens with zero attached hydrogens (tertiary/aromatic N) is 4. The van der Waals surface area contributed by atoms with Crippen molar-refractivity contribution in [3.63, 3.8) is 0 Å². The highest BCUT2D eigenvalue weighted by molar-refractivity contribution is 6.30. The molecule has 3 aromatic heterocycles. The number of fused-ring (bicyclic) bond motifs is 1. The third kappa shape index (κ3) is 4.97. The summed E-state index contributed by atoms with van der Waals surface area (Å²) in [6.45, 7) is 6.96. The number of H-pyrrole nitrogens is 2. The molecular weight excluding hydrogens is 482 g/mol. The number of aromatic amines is 2. The SMILES string of the molecule is COCCn1cnc(CCNc2cc[nH]c(=O)c2-c2nc3c(C)cc(N4CCOCC4)cc3[nH]2)c1Cl. The molecule has 3 N–H and O–H groups in total. The Hall–Kier alpha value is -3.34. The van der Waals surface area contributed by atoms with E-state index in [0.717, 1.165) is 54.3 Å². The Morgan fingerprint density at radius 2 is 2.11 bits per heavy atom. The van der Waals surface area contributed by atoms with Gasteiger partial charge in [0.05, 0.1) is 48.6 Å². The molecule has 0 spiro atoms. The van der Waals surface area contributed by atoms with Crippen LogP contribution in [0.5, 0.6) is 0 Å². The van der Waals surface area contributed by atoms with Gasteiger partial charge >= 0.3 is 0 Å². The van der Waals surface area contributed by atoms with Gasteiger partial charge in [0.2, 0.25) is 0 Å². The number of hydrogen-bond donors (Lipinski definition) is 3. The van der Waals surface area contributed by atoms with E-state index >= 15 is 0 Å². The monoisotopic (exact) mass is 511 g/mol. The van der Waals surface area contributed by atoms with Crippen molar-refractivity contribution in [1.82, 2.24) is 24.5 Å². The van der Waals surface area contributed by atoms with Crippen LogP contribution in [0.1, 0.15) is 11.3 Å². The molecule has 11 heteroatoms. The van der Waals surface area contributed by atoms with E-state index in [1.54, 1.807) is 19.6 Å². The van der Waals surface area contributed by atoms with Crippen molar-refractivity contribution in [2.75, 3.05) is 56.8 Å². The largest absolute Gasteiger partial charge is 0.384 e. The molecule has 0 aliphatic carbocycles. The van der Waals surface area contributed by atoms with Crippen LogP contribution in [-0.4, -0.2) is 71.1 Å².